The number of nitrogens with zero attached hydrogens (tertiary/aromatic N) is 1. The van der Waals surface area contributed by atoms with Gasteiger partial charge in [0.15, 0.2) is 13.0 Å². The molecule has 1 aromatic carbocycles. The Balaban J connectivity index is 2.36. The van der Waals surface area contributed by atoms with Crippen molar-refractivity contribution < 1.29 is 9.13 Å². The zero-order chi connectivity index (χ0) is 8.55. The Hall–Kier alpha value is -1.25. The Morgan fingerprint density at radius 2 is 2.25 bits per heavy atom. The second kappa shape index (κ2) is 2.66. The first-order valence-corrected chi connectivity index (χ1v) is 3.91. The number of rotatable bonds is 1. The number of hydrogen-bond acceptors (Lipinski definition) is 2. The van der Waals surface area contributed by atoms with E-state index in [-0.39, 0.29) is 0 Å². The molecule has 1 aromatic rings. The average molecular weight is 167 g/mol. The van der Waals surface area contributed by atoms with Crippen molar-refractivity contribution in [3.63, 3.8) is 0 Å². The van der Waals surface area contributed by atoms with Gasteiger partial charge in [0, 0.05) is 0 Å². The minimum Gasteiger partial charge on any atom is -0.471 e. The number of ether oxygens (including phenoxy) is 1. The number of fused-ring (bicyclic) bond motifs is 1. The van der Waals surface area contributed by atoms with Gasteiger partial charge < -0.3 is 9.64 Å². The van der Waals surface area contributed by atoms with Crippen LogP contribution >= 0.6 is 0 Å². The van der Waals surface area contributed by atoms with Crippen LogP contribution in [0.1, 0.15) is 6.92 Å². The van der Waals surface area contributed by atoms with E-state index in [1.807, 2.05) is 24.3 Å². The molecule has 0 fully saturated rings. The van der Waals surface area contributed by atoms with Crippen LogP contribution in [0, 0.1) is 0 Å². The smallest absolute Gasteiger partial charge is 0.172 e. The van der Waals surface area contributed by atoms with Crippen LogP contribution in [0.5, 0.6) is 5.75 Å². The maximum Gasteiger partial charge on any atom is 0.172 e. The molecule has 1 unspecified atom stereocenters. The third kappa shape index (κ3) is 1.02. The molecule has 0 spiro atoms. The standard InChI is InChI=1S/C9H10FNO/c1-7(10)11-6-12-9-5-3-2-4-8(9)11/h2-5,7H,6H2,1H3. The largest absolute Gasteiger partial charge is 0.471 e. The molecule has 3 heteroatoms. The van der Waals surface area contributed by atoms with Crippen molar-refractivity contribution in [3.05, 3.63) is 24.3 Å². The van der Waals surface area contributed by atoms with Crippen LogP contribution in [-0.4, -0.2) is 13.0 Å². The summed E-state index contributed by atoms with van der Waals surface area (Å²) in [7, 11) is 0. The van der Waals surface area contributed by atoms with Crippen molar-refractivity contribution in [1.82, 2.24) is 0 Å². The zero-order valence-corrected chi connectivity index (χ0v) is 6.83. The summed E-state index contributed by atoms with van der Waals surface area (Å²) in [6, 6.07) is 7.46. The molecule has 0 radical (unpaired) electrons. The Bertz CT molecular complexity index is 288. The molecular weight excluding hydrogens is 157 g/mol. The molecule has 1 aliphatic heterocycles. The SMILES string of the molecule is CC(F)N1COc2ccccc21. The van der Waals surface area contributed by atoms with Gasteiger partial charge >= 0.3 is 0 Å². The number of halogens is 1. The highest BCUT2D eigenvalue weighted by Gasteiger charge is 2.23. The predicted octanol–water partition coefficient (Wildman–Crippen LogP) is 2.16. The van der Waals surface area contributed by atoms with Crippen LogP contribution in [0.15, 0.2) is 24.3 Å². The zero-order valence-electron chi connectivity index (χ0n) is 6.83. The van der Waals surface area contributed by atoms with E-state index in [2.05, 4.69) is 0 Å². The molecule has 64 valence electrons. The molecule has 2 rings (SSSR count). The fourth-order valence-electron chi connectivity index (χ4n) is 1.32. The summed E-state index contributed by atoms with van der Waals surface area (Å²) in [6.07, 6.45) is -0.992. The van der Waals surface area contributed by atoms with Crippen molar-refractivity contribution in [3.8, 4) is 5.75 Å². The van der Waals surface area contributed by atoms with E-state index in [0.29, 0.717) is 6.73 Å². The second-order valence-corrected chi connectivity index (χ2v) is 2.78. The molecule has 12 heavy (non-hydrogen) atoms. The number of anilines is 1. The molecule has 0 bridgehead atoms. The molecule has 0 saturated carbocycles. The minimum atomic E-state index is -0.992. The van der Waals surface area contributed by atoms with E-state index in [1.165, 1.54) is 6.92 Å². The molecule has 1 aliphatic rings. The molecule has 0 saturated heterocycles. The van der Waals surface area contributed by atoms with Crippen LogP contribution in [0.2, 0.25) is 0 Å². The van der Waals surface area contributed by atoms with Crippen molar-refractivity contribution in [2.24, 2.45) is 0 Å². The predicted molar refractivity (Wildman–Crippen MR) is 45.0 cm³/mol. The highest BCUT2D eigenvalue weighted by atomic mass is 19.1. The fraction of sp³-hybridized carbons (Fsp3) is 0.333. The van der Waals surface area contributed by atoms with Crippen LogP contribution in [0.25, 0.3) is 0 Å². The number of benzene rings is 1. The van der Waals surface area contributed by atoms with Crippen molar-refractivity contribution in [1.29, 1.82) is 0 Å². The van der Waals surface area contributed by atoms with Crippen LogP contribution in [0.4, 0.5) is 10.1 Å². The number of para-hydroxylation sites is 2. The number of alkyl halides is 1. The average Bonchev–Trinajstić information content (AvgIpc) is 2.47. The molecule has 1 heterocycles. The third-order valence-electron chi connectivity index (χ3n) is 1.96. The monoisotopic (exact) mass is 167 g/mol. The van der Waals surface area contributed by atoms with E-state index >= 15 is 0 Å². The van der Waals surface area contributed by atoms with Crippen molar-refractivity contribution in [2.75, 3.05) is 11.6 Å². The summed E-state index contributed by atoms with van der Waals surface area (Å²) < 4.78 is 18.2. The maximum atomic E-state index is 12.9. The van der Waals surface area contributed by atoms with Gasteiger partial charge in [-0.25, -0.2) is 4.39 Å². The first kappa shape index (κ1) is 7.40. The third-order valence-corrected chi connectivity index (χ3v) is 1.96. The Morgan fingerprint density at radius 3 is 3.00 bits per heavy atom. The molecule has 2 nitrogen and oxygen atoms in total. The highest BCUT2D eigenvalue weighted by Crippen LogP contribution is 2.34. The van der Waals surface area contributed by atoms with Crippen LogP contribution in [-0.2, 0) is 0 Å². The van der Waals surface area contributed by atoms with Gasteiger partial charge in [-0.2, -0.15) is 0 Å². The van der Waals surface area contributed by atoms with Gasteiger partial charge in [0.2, 0.25) is 0 Å². The van der Waals surface area contributed by atoms with E-state index in [9.17, 15) is 4.39 Å². The molecule has 1 atom stereocenters. The summed E-state index contributed by atoms with van der Waals surface area (Å²) in [5, 5.41) is 0. The van der Waals surface area contributed by atoms with Crippen LogP contribution in [0.3, 0.4) is 0 Å². The first-order chi connectivity index (χ1) is 5.79. The quantitative estimate of drug-likeness (QED) is 0.594. The lowest BCUT2D eigenvalue weighted by atomic mass is 10.3. The topological polar surface area (TPSA) is 12.5 Å². The number of hydrogen-bond donors (Lipinski definition) is 0. The van der Waals surface area contributed by atoms with Gasteiger partial charge in [0.05, 0.1) is 5.69 Å². The van der Waals surface area contributed by atoms with E-state index < -0.39 is 6.30 Å². The van der Waals surface area contributed by atoms with Gasteiger partial charge in [0.1, 0.15) is 5.75 Å². The maximum absolute atomic E-state index is 12.9. The lowest BCUT2D eigenvalue weighted by Crippen LogP contribution is -2.28. The fourth-order valence-corrected chi connectivity index (χ4v) is 1.32. The van der Waals surface area contributed by atoms with Crippen LogP contribution < -0.4 is 9.64 Å². The lowest BCUT2D eigenvalue weighted by Gasteiger charge is -2.17. The Morgan fingerprint density at radius 1 is 1.50 bits per heavy atom. The molecule has 0 amide bonds. The van der Waals surface area contributed by atoms with Gasteiger partial charge in [-0.05, 0) is 19.1 Å². The highest BCUT2D eigenvalue weighted by molar-refractivity contribution is 5.61. The lowest BCUT2D eigenvalue weighted by molar-refractivity contribution is 0.278. The van der Waals surface area contributed by atoms with Gasteiger partial charge in [-0.1, -0.05) is 12.1 Å². The van der Waals surface area contributed by atoms with Gasteiger partial charge in [-0.3, -0.25) is 0 Å². The van der Waals surface area contributed by atoms with Gasteiger partial charge in [-0.15, -0.1) is 0 Å². The molecule has 0 N–H and O–H groups in total. The normalized spacial score (nSPS) is 17.0. The second-order valence-electron chi connectivity index (χ2n) is 2.78. The summed E-state index contributed by atoms with van der Waals surface area (Å²) >= 11 is 0. The summed E-state index contributed by atoms with van der Waals surface area (Å²) in [6.45, 7) is 1.82. The van der Waals surface area contributed by atoms with Crippen molar-refractivity contribution in [2.45, 2.75) is 13.2 Å². The molecule has 0 aliphatic carbocycles. The summed E-state index contributed by atoms with van der Waals surface area (Å²) in [5.74, 6) is 0.766. The summed E-state index contributed by atoms with van der Waals surface area (Å²) in [4.78, 5) is 1.58. The van der Waals surface area contributed by atoms with E-state index in [0.717, 1.165) is 11.4 Å². The molecule has 0 aromatic heterocycles. The van der Waals surface area contributed by atoms with Gasteiger partial charge in [0.25, 0.3) is 0 Å². The van der Waals surface area contributed by atoms with E-state index in [4.69, 9.17) is 4.74 Å². The van der Waals surface area contributed by atoms with Crippen molar-refractivity contribution >= 4 is 5.69 Å². The van der Waals surface area contributed by atoms with E-state index in [1.54, 1.807) is 4.90 Å². The minimum absolute atomic E-state index is 0.316. The first-order valence-electron chi connectivity index (χ1n) is 3.91. The Kier molecular flexibility index (Phi) is 1.64. The Labute approximate surface area is 70.6 Å². The molecular formula is C9H10FNO. The summed E-state index contributed by atoms with van der Waals surface area (Å²) in [5.41, 5.74) is 0.840.